The maximum Gasteiger partial charge on any atom is 0.121 e. The summed E-state index contributed by atoms with van der Waals surface area (Å²) in [5, 5.41) is 7.62. The summed E-state index contributed by atoms with van der Waals surface area (Å²) in [5.41, 5.74) is 2.64. The largest absolute Gasteiger partial charge is 0.308 e. The van der Waals surface area contributed by atoms with Crippen molar-refractivity contribution in [2.24, 2.45) is 11.1 Å². The van der Waals surface area contributed by atoms with Gasteiger partial charge in [0.25, 0.3) is 0 Å². The summed E-state index contributed by atoms with van der Waals surface area (Å²) < 4.78 is 0. The highest BCUT2D eigenvalue weighted by Gasteiger charge is 2.51. The lowest BCUT2D eigenvalue weighted by Crippen LogP contribution is -2.59. The summed E-state index contributed by atoms with van der Waals surface area (Å²) in [4.78, 5) is 11.8. The van der Waals surface area contributed by atoms with Crippen LogP contribution < -0.4 is 5.32 Å². The van der Waals surface area contributed by atoms with Gasteiger partial charge in [0, 0.05) is 12.1 Å². The normalized spacial score (nSPS) is 34.9. The van der Waals surface area contributed by atoms with Crippen LogP contribution in [-0.2, 0) is 12.8 Å². The molecule has 0 amide bonds. The molecule has 0 radical (unpaired) electrons. The van der Waals surface area contributed by atoms with Crippen molar-refractivity contribution in [3.8, 4) is 0 Å². The van der Waals surface area contributed by atoms with Gasteiger partial charge in [-0.05, 0) is 55.6 Å². The average molecular weight is 298 g/mol. The van der Waals surface area contributed by atoms with Crippen molar-refractivity contribution in [2.45, 2.75) is 75.4 Å². The molecule has 0 saturated heterocycles. The molecule has 0 spiro atoms. The van der Waals surface area contributed by atoms with Crippen molar-refractivity contribution in [3.63, 3.8) is 0 Å². The van der Waals surface area contributed by atoms with E-state index in [1.54, 1.807) is 0 Å². The zero-order valence-corrected chi connectivity index (χ0v) is 13.3. The molecule has 3 aliphatic carbocycles. The molecule has 3 atom stereocenters. The fraction of sp³-hybridized carbons (Fsp3) is 0.684. The predicted octanol–water partition coefficient (Wildman–Crippen LogP) is 3.99. The molecule has 0 aromatic heterocycles. The minimum absolute atomic E-state index is 0.295. The van der Waals surface area contributed by atoms with Crippen molar-refractivity contribution in [1.82, 2.24) is 5.32 Å². The van der Waals surface area contributed by atoms with E-state index >= 15 is 0 Å². The van der Waals surface area contributed by atoms with Crippen LogP contribution >= 0.6 is 0 Å². The van der Waals surface area contributed by atoms with Gasteiger partial charge in [0.1, 0.15) is 5.54 Å². The topological polar surface area (TPSA) is 41.5 Å². The molecule has 1 aromatic carbocycles. The van der Waals surface area contributed by atoms with Gasteiger partial charge in [-0.3, -0.25) is 0 Å². The molecular weight excluding hydrogens is 272 g/mol. The second-order valence-electron chi connectivity index (χ2n) is 7.55. The summed E-state index contributed by atoms with van der Waals surface area (Å²) in [7, 11) is 0. The quantitative estimate of drug-likeness (QED) is 0.857. The molecule has 0 bridgehead atoms. The van der Waals surface area contributed by atoms with Gasteiger partial charge >= 0.3 is 0 Å². The van der Waals surface area contributed by atoms with Crippen LogP contribution in [0.5, 0.6) is 0 Å². The van der Waals surface area contributed by atoms with E-state index in [0.717, 1.165) is 25.7 Å². The number of benzene rings is 1. The molecule has 0 heterocycles. The number of hydrogen-bond acceptors (Lipinski definition) is 3. The Hall–Kier alpha value is -1.22. The van der Waals surface area contributed by atoms with Gasteiger partial charge in [-0.2, -0.15) is 4.91 Å². The molecule has 1 N–H and O–H groups in total. The van der Waals surface area contributed by atoms with Crippen molar-refractivity contribution in [1.29, 1.82) is 0 Å². The van der Waals surface area contributed by atoms with E-state index < -0.39 is 0 Å². The van der Waals surface area contributed by atoms with Crippen molar-refractivity contribution >= 4 is 0 Å². The summed E-state index contributed by atoms with van der Waals surface area (Å²) in [6.07, 6.45) is 10.4. The van der Waals surface area contributed by atoms with Gasteiger partial charge in [-0.25, -0.2) is 0 Å². The number of rotatable bonds is 3. The van der Waals surface area contributed by atoms with Crippen LogP contribution in [0.4, 0.5) is 0 Å². The lowest BCUT2D eigenvalue weighted by molar-refractivity contribution is 0.0840. The molecule has 1 aromatic rings. The average Bonchev–Trinajstić information content (AvgIpc) is 2.97. The maximum atomic E-state index is 11.8. The minimum atomic E-state index is -0.314. The second-order valence-corrected chi connectivity index (χ2v) is 7.55. The summed E-state index contributed by atoms with van der Waals surface area (Å²) in [6, 6.07) is 9.54. The highest BCUT2D eigenvalue weighted by Crippen LogP contribution is 2.46. The van der Waals surface area contributed by atoms with Crippen LogP contribution in [0.25, 0.3) is 0 Å². The summed E-state index contributed by atoms with van der Waals surface area (Å²) in [5.74, 6) is 0.522. The Bertz CT molecular complexity index is 531. The van der Waals surface area contributed by atoms with E-state index in [-0.39, 0.29) is 5.54 Å². The van der Waals surface area contributed by atoms with Gasteiger partial charge in [0.15, 0.2) is 0 Å². The third-order valence-electron chi connectivity index (χ3n) is 6.39. The highest BCUT2D eigenvalue weighted by molar-refractivity contribution is 5.33. The lowest BCUT2D eigenvalue weighted by atomic mass is 9.63. The van der Waals surface area contributed by atoms with Crippen molar-refractivity contribution in [2.75, 3.05) is 0 Å². The highest BCUT2D eigenvalue weighted by atomic mass is 16.3. The second kappa shape index (κ2) is 5.77. The monoisotopic (exact) mass is 298 g/mol. The van der Waals surface area contributed by atoms with E-state index in [4.69, 9.17) is 0 Å². The first kappa shape index (κ1) is 14.4. The summed E-state index contributed by atoms with van der Waals surface area (Å²) >= 11 is 0. The first-order chi connectivity index (χ1) is 10.8. The Morgan fingerprint density at radius 2 is 1.73 bits per heavy atom. The van der Waals surface area contributed by atoms with Crippen LogP contribution in [0, 0.1) is 10.8 Å². The standard InChI is InChI=1S/C19H26N2O/c22-21-19-11-4-3-8-16(19)9-5-10-18(19)20-17-12-14-6-1-2-7-15(14)13-17/h1-2,6-7,16-18,20H,3-5,8-13H2. The van der Waals surface area contributed by atoms with Gasteiger partial charge in [-0.1, -0.05) is 48.7 Å². The Kier molecular flexibility index (Phi) is 3.77. The van der Waals surface area contributed by atoms with E-state index in [9.17, 15) is 4.91 Å². The minimum Gasteiger partial charge on any atom is -0.308 e. The molecule has 3 nitrogen and oxygen atoms in total. The third-order valence-corrected chi connectivity index (χ3v) is 6.39. The molecule has 4 rings (SSSR count). The van der Waals surface area contributed by atoms with E-state index in [1.807, 2.05) is 0 Å². The van der Waals surface area contributed by atoms with Crippen LogP contribution in [0.2, 0.25) is 0 Å². The lowest BCUT2D eigenvalue weighted by Gasteiger charge is -2.48. The number of nitrogens with one attached hydrogen (secondary N) is 1. The van der Waals surface area contributed by atoms with Gasteiger partial charge in [0.05, 0.1) is 0 Å². The number of nitrogens with zero attached hydrogens (tertiary/aromatic N) is 1. The molecule has 3 heteroatoms. The number of hydrogen-bond donors (Lipinski definition) is 1. The number of nitroso groups, excluding NO2 is 1. The van der Waals surface area contributed by atoms with Gasteiger partial charge in [0.2, 0.25) is 0 Å². The Labute approximate surface area is 132 Å². The van der Waals surface area contributed by atoms with Crippen molar-refractivity contribution < 1.29 is 0 Å². The maximum absolute atomic E-state index is 11.8. The zero-order valence-electron chi connectivity index (χ0n) is 13.3. The molecule has 22 heavy (non-hydrogen) atoms. The predicted molar refractivity (Wildman–Crippen MR) is 88.9 cm³/mol. The van der Waals surface area contributed by atoms with Gasteiger partial charge in [-0.15, -0.1) is 0 Å². The number of fused-ring (bicyclic) bond motifs is 2. The fourth-order valence-electron chi connectivity index (χ4n) is 5.30. The first-order valence-electron chi connectivity index (χ1n) is 8.99. The molecule has 3 unspecified atom stereocenters. The first-order valence-corrected chi connectivity index (χ1v) is 8.99. The van der Waals surface area contributed by atoms with Crippen molar-refractivity contribution in [3.05, 3.63) is 40.3 Å². The van der Waals surface area contributed by atoms with Crippen LogP contribution in [-0.4, -0.2) is 17.6 Å². The SMILES string of the molecule is O=NC12CCCCC1CCCC2NC1Cc2ccccc2C1. The van der Waals surface area contributed by atoms with E-state index in [0.29, 0.717) is 18.0 Å². The fourth-order valence-corrected chi connectivity index (χ4v) is 5.30. The van der Waals surface area contributed by atoms with E-state index in [1.165, 1.54) is 43.2 Å². The Morgan fingerprint density at radius 1 is 1.00 bits per heavy atom. The molecule has 2 saturated carbocycles. The Morgan fingerprint density at radius 3 is 2.45 bits per heavy atom. The van der Waals surface area contributed by atoms with Gasteiger partial charge < -0.3 is 5.32 Å². The van der Waals surface area contributed by atoms with Crippen LogP contribution in [0.1, 0.15) is 56.1 Å². The van der Waals surface area contributed by atoms with E-state index in [2.05, 4.69) is 34.8 Å². The molecule has 0 aliphatic heterocycles. The zero-order chi connectivity index (χ0) is 15.0. The smallest absolute Gasteiger partial charge is 0.121 e. The summed E-state index contributed by atoms with van der Waals surface area (Å²) in [6.45, 7) is 0. The third kappa shape index (κ3) is 2.30. The molecule has 2 fully saturated rings. The molecule has 118 valence electrons. The van der Waals surface area contributed by atoms with Crippen LogP contribution in [0.3, 0.4) is 0 Å². The molecular formula is C19H26N2O. The van der Waals surface area contributed by atoms with Crippen LogP contribution in [0.15, 0.2) is 29.4 Å². The molecule has 3 aliphatic rings. The Balaban J connectivity index is 1.51.